The monoisotopic (exact) mass is 243 g/mol. The first kappa shape index (κ1) is 11.0. The number of nitrogens with zero attached hydrogens (tertiary/aromatic N) is 3. The van der Waals surface area contributed by atoms with Crippen LogP contribution in [0.2, 0.25) is 0 Å². The molecule has 2 fully saturated rings. The highest BCUT2D eigenvalue weighted by atomic mass is 32.2. The molecule has 0 unspecified atom stereocenters. The molecular formula is C9H13N3OS2. The van der Waals surface area contributed by atoms with E-state index in [1.54, 1.807) is 0 Å². The number of rotatable bonds is 1. The van der Waals surface area contributed by atoms with Gasteiger partial charge in [0.15, 0.2) is 4.32 Å². The molecule has 2 aliphatic rings. The lowest BCUT2D eigenvalue weighted by atomic mass is 10.1. The van der Waals surface area contributed by atoms with E-state index in [9.17, 15) is 4.79 Å². The number of piperidine rings is 1. The van der Waals surface area contributed by atoms with Crippen molar-refractivity contribution in [2.75, 3.05) is 25.9 Å². The first-order chi connectivity index (χ1) is 7.16. The predicted octanol–water partition coefficient (Wildman–Crippen LogP) is 0.928. The summed E-state index contributed by atoms with van der Waals surface area (Å²) >= 11 is 6.45. The molecule has 82 valence electrons. The van der Waals surface area contributed by atoms with Crippen LogP contribution >= 0.6 is 24.0 Å². The van der Waals surface area contributed by atoms with Gasteiger partial charge in [-0.25, -0.2) is 0 Å². The third-order valence-electron chi connectivity index (χ3n) is 2.53. The van der Waals surface area contributed by atoms with E-state index in [0.717, 1.165) is 31.6 Å². The zero-order valence-electron chi connectivity index (χ0n) is 8.60. The zero-order chi connectivity index (χ0) is 10.8. The number of carbonyl (C=O) groups excluding carboxylic acids is 1. The summed E-state index contributed by atoms with van der Waals surface area (Å²) in [5.74, 6) is 0.451. The highest BCUT2D eigenvalue weighted by molar-refractivity contribution is 8.23. The summed E-state index contributed by atoms with van der Waals surface area (Å²) in [4.78, 5) is 13.7. The van der Waals surface area contributed by atoms with Gasteiger partial charge in [0.05, 0.1) is 5.75 Å². The van der Waals surface area contributed by atoms with Crippen LogP contribution in [0.1, 0.15) is 12.8 Å². The van der Waals surface area contributed by atoms with Crippen molar-refractivity contribution in [3.63, 3.8) is 0 Å². The average molecular weight is 243 g/mol. The number of thiocarbonyl (C=S) groups is 1. The Bertz CT molecular complexity index is 303. The van der Waals surface area contributed by atoms with Gasteiger partial charge in [-0.3, -0.25) is 4.79 Å². The van der Waals surface area contributed by atoms with Crippen molar-refractivity contribution in [3.8, 4) is 0 Å². The second kappa shape index (κ2) is 4.59. The summed E-state index contributed by atoms with van der Waals surface area (Å²) < 4.78 is 0.589. The Kier molecular flexibility index (Phi) is 3.38. The average Bonchev–Trinajstić information content (AvgIpc) is 2.53. The normalized spacial score (nSPS) is 23.8. The van der Waals surface area contributed by atoms with E-state index in [-0.39, 0.29) is 5.91 Å². The number of carbonyl (C=O) groups is 1. The summed E-state index contributed by atoms with van der Waals surface area (Å²) in [6, 6.07) is 0. The minimum absolute atomic E-state index is 0.0106. The Labute approximate surface area is 98.7 Å². The number of likely N-dealkylation sites (tertiary alicyclic amines) is 1. The van der Waals surface area contributed by atoms with Gasteiger partial charge in [0.25, 0.3) is 5.91 Å². The fourth-order valence-corrected chi connectivity index (χ4v) is 2.52. The Morgan fingerprint density at radius 3 is 2.60 bits per heavy atom. The van der Waals surface area contributed by atoms with Crippen LogP contribution in [0.15, 0.2) is 5.10 Å². The first-order valence-corrected chi connectivity index (χ1v) is 6.31. The van der Waals surface area contributed by atoms with Gasteiger partial charge in [-0.2, -0.15) is 10.1 Å². The second-order valence-electron chi connectivity index (χ2n) is 3.73. The van der Waals surface area contributed by atoms with Crippen molar-refractivity contribution < 1.29 is 4.79 Å². The highest BCUT2D eigenvalue weighted by Gasteiger charge is 2.27. The molecule has 2 saturated heterocycles. The number of thioether (sulfide) groups is 1. The molecule has 0 aromatic carbocycles. The molecule has 4 nitrogen and oxygen atoms in total. The molecule has 0 bridgehead atoms. The van der Waals surface area contributed by atoms with E-state index in [4.69, 9.17) is 12.2 Å². The van der Waals surface area contributed by atoms with Gasteiger partial charge in [0, 0.05) is 31.6 Å². The Morgan fingerprint density at radius 2 is 2.07 bits per heavy atom. The van der Waals surface area contributed by atoms with Gasteiger partial charge in [-0.1, -0.05) is 24.0 Å². The summed E-state index contributed by atoms with van der Waals surface area (Å²) in [6.45, 7) is 2.03. The molecule has 0 spiro atoms. The van der Waals surface area contributed by atoms with Crippen LogP contribution in [0.5, 0.6) is 0 Å². The van der Waals surface area contributed by atoms with Gasteiger partial charge in [-0.15, -0.1) is 0 Å². The molecule has 6 heteroatoms. The van der Waals surface area contributed by atoms with Crippen LogP contribution in [0.4, 0.5) is 0 Å². The topological polar surface area (TPSA) is 35.9 Å². The van der Waals surface area contributed by atoms with Crippen LogP contribution in [0.25, 0.3) is 0 Å². The molecule has 0 N–H and O–H groups in total. The number of hydrazone groups is 1. The van der Waals surface area contributed by atoms with Crippen molar-refractivity contribution >= 4 is 39.9 Å². The maximum Gasteiger partial charge on any atom is 0.259 e. The van der Waals surface area contributed by atoms with Gasteiger partial charge >= 0.3 is 0 Å². The van der Waals surface area contributed by atoms with E-state index in [1.807, 2.05) is 0 Å². The lowest BCUT2D eigenvalue weighted by molar-refractivity contribution is -0.124. The van der Waals surface area contributed by atoms with Crippen molar-refractivity contribution in [2.45, 2.75) is 12.8 Å². The van der Waals surface area contributed by atoms with Gasteiger partial charge in [0.2, 0.25) is 0 Å². The molecule has 0 saturated carbocycles. The van der Waals surface area contributed by atoms with Crippen LogP contribution in [-0.4, -0.2) is 51.7 Å². The third-order valence-corrected chi connectivity index (χ3v) is 3.87. The van der Waals surface area contributed by atoms with Crippen LogP contribution in [-0.2, 0) is 4.79 Å². The van der Waals surface area contributed by atoms with Gasteiger partial charge < -0.3 is 4.90 Å². The minimum Gasteiger partial charge on any atom is -0.306 e. The zero-order valence-corrected chi connectivity index (χ0v) is 10.2. The van der Waals surface area contributed by atoms with E-state index >= 15 is 0 Å². The molecule has 0 aliphatic carbocycles. The van der Waals surface area contributed by atoms with Crippen molar-refractivity contribution in [1.29, 1.82) is 0 Å². The molecule has 1 amide bonds. The maximum absolute atomic E-state index is 11.4. The molecule has 2 heterocycles. The van der Waals surface area contributed by atoms with E-state index in [1.165, 1.54) is 16.8 Å². The fraction of sp³-hybridized carbons (Fsp3) is 0.667. The van der Waals surface area contributed by atoms with Gasteiger partial charge in [0.1, 0.15) is 0 Å². The van der Waals surface area contributed by atoms with Gasteiger partial charge in [-0.05, 0) is 7.05 Å². The largest absolute Gasteiger partial charge is 0.306 e. The van der Waals surface area contributed by atoms with Crippen molar-refractivity contribution in [1.82, 2.24) is 9.91 Å². The molecule has 0 aromatic rings. The fourth-order valence-electron chi connectivity index (χ4n) is 1.56. The highest BCUT2D eigenvalue weighted by Crippen LogP contribution is 2.20. The van der Waals surface area contributed by atoms with E-state index < -0.39 is 0 Å². The van der Waals surface area contributed by atoms with Crippen molar-refractivity contribution in [3.05, 3.63) is 0 Å². The number of hydrogen-bond acceptors (Lipinski definition) is 5. The summed E-state index contributed by atoms with van der Waals surface area (Å²) in [7, 11) is 2.10. The Balaban J connectivity index is 2.03. The molecule has 2 aliphatic heterocycles. The maximum atomic E-state index is 11.4. The number of amides is 1. The molecular weight excluding hydrogens is 230 g/mol. The van der Waals surface area contributed by atoms with Crippen LogP contribution in [0, 0.1) is 0 Å². The predicted molar refractivity (Wildman–Crippen MR) is 66.1 cm³/mol. The first-order valence-electron chi connectivity index (χ1n) is 4.91. The summed E-state index contributed by atoms with van der Waals surface area (Å²) in [6.07, 6.45) is 1.88. The Morgan fingerprint density at radius 1 is 1.40 bits per heavy atom. The summed E-state index contributed by atoms with van der Waals surface area (Å²) in [5, 5.41) is 5.73. The lowest BCUT2D eigenvalue weighted by Crippen LogP contribution is -2.32. The second-order valence-corrected chi connectivity index (χ2v) is 5.34. The number of hydrogen-bond donors (Lipinski definition) is 0. The standard InChI is InChI=1S/C9H13N3OS2/c1-11-4-2-7(3-5-11)10-12-8(13)6-15-9(12)14/h2-6H2,1H3. The third kappa shape index (κ3) is 2.56. The SMILES string of the molecule is CN1CCC(=NN2C(=O)CSC2=S)CC1. The van der Waals surface area contributed by atoms with E-state index in [2.05, 4.69) is 17.0 Å². The molecule has 2 rings (SSSR count). The lowest BCUT2D eigenvalue weighted by Gasteiger charge is -2.23. The summed E-state index contributed by atoms with van der Waals surface area (Å²) in [5.41, 5.74) is 1.09. The van der Waals surface area contributed by atoms with E-state index in [0.29, 0.717) is 10.1 Å². The molecule has 0 radical (unpaired) electrons. The van der Waals surface area contributed by atoms with Crippen LogP contribution in [0.3, 0.4) is 0 Å². The quantitative estimate of drug-likeness (QED) is 0.642. The smallest absolute Gasteiger partial charge is 0.259 e. The molecule has 15 heavy (non-hydrogen) atoms. The van der Waals surface area contributed by atoms with Crippen molar-refractivity contribution in [2.24, 2.45) is 5.10 Å². The van der Waals surface area contributed by atoms with Crippen LogP contribution < -0.4 is 0 Å². The molecule has 0 atom stereocenters. The molecule has 0 aromatic heterocycles. The Hall–Kier alpha value is -0.460. The minimum atomic E-state index is 0.0106.